The van der Waals surface area contributed by atoms with Crippen LogP contribution in [0.1, 0.15) is 37.3 Å². The van der Waals surface area contributed by atoms with Crippen LogP contribution in [0.2, 0.25) is 0 Å². The van der Waals surface area contributed by atoms with Gasteiger partial charge in [0.25, 0.3) is 0 Å². The maximum Gasteiger partial charge on any atom is 0.0450 e. The highest BCUT2D eigenvalue weighted by Gasteiger charge is 2.25. The Hall–Kier alpha value is -0.930. The molecular weight excluding hydrogens is 174 g/mol. The summed E-state index contributed by atoms with van der Waals surface area (Å²) in [6.07, 6.45) is 6.79. The quantitative estimate of drug-likeness (QED) is 0.551. The molecule has 1 aliphatic carbocycles. The second-order valence-corrected chi connectivity index (χ2v) is 3.92. The lowest BCUT2D eigenvalue weighted by Crippen LogP contribution is -2.41. The lowest BCUT2D eigenvalue weighted by molar-refractivity contribution is 0.327. The van der Waals surface area contributed by atoms with Gasteiger partial charge in [0, 0.05) is 23.9 Å². The Labute approximate surface area is 84.7 Å². The van der Waals surface area contributed by atoms with Crippen molar-refractivity contribution in [2.24, 2.45) is 5.84 Å². The zero-order valence-corrected chi connectivity index (χ0v) is 8.32. The molecule has 2 atom stereocenters. The van der Waals surface area contributed by atoms with Gasteiger partial charge < -0.3 is 0 Å². The van der Waals surface area contributed by atoms with Crippen molar-refractivity contribution in [2.45, 2.75) is 37.6 Å². The van der Waals surface area contributed by atoms with Crippen LogP contribution in [-0.4, -0.2) is 11.0 Å². The molecule has 0 spiro atoms. The van der Waals surface area contributed by atoms with E-state index < -0.39 is 0 Å². The summed E-state index contributed by atoms with van der Waals surface area (Å²) in [7, 11) is 0. The predicted octanol–water partition coefficient (Wildman–Crippen LogP) is 1.57. The Balaban J connectivity index is 2.15. The molecule has 0 aromatic carbocycles. The second-order valence-electron chi connectivity index (χ2n) is 3.92. The summed E-state index contributed by atoms with van der Waals surface area (Å²) in [5.41, 5.74) is 4.09. The van der Waals surface area contributed by atoms with Crippen molar-refractivity contribution in [1.82, 2.24) is 10.4 Å². The van der Waals surface area contributed by atoms with Crippen molar-refractivity contribution in [1.29, 1.82) is 0 Å². The van der Waals surface area contributed by atoms with Crippen LogP contribution in [0.15, 0.2) is 24.4 Å². The topological polar surface area (TPSA) is 50.9 Å². The first kappa shape index (κ1) is 9.62. The number of hydrogen-bond acceptors (Lipinski definition) is 3. The van der Waals surface area contributed by atoms with Crippen molar-refractivity contribution in [3.63, 3.8) is 0 Å². The Morgan fingerprint density at radius 1 is 1.29 bits per heavy atom. The Morgan fingerprint density at radius 2 is 2.14 bits per heavy atom. The minimum absolute atomic E-state index is 0.402. The van der Waals surface area contributed by atoms with Gasteiger partial charge in [0.2, 0.25) is 0 Å². The van der Waals surface area contributed by atoms with Crippen molar-refractivity contribution >= 4 is 0 Å². The van der Waals surface area contributed by atoms with Gasteiger partial charge in [0.1, 0.15) is 0 Å². The standard InChI is InChI=1S/C11H17N3/c12-14-11-7-2-1-5-9(11)10-6-3-4-8-13-10/h3-4,6,8-9,11,14H,1-2,5,7,12H2. The highest BCUT2D eigenvalue weighted by Crippen LogP contribution is 2.31. The number of nitrogens with two attached hydrogens (primary N) is 1. The van der Waals surface area contributed by atoms with Gasteiger partial charge in [-0.15, -0.1) is 0 Å². The number of hydrazine groups is 1. The van der Waals surface area contributed by atoms with E-state index in [0.717, 1.165) is 6.42 Å². The van der Waals surface area contributed by atoms with Gasteiger partial charge in [-0.05, 0) is 25.0 Å². The molecule has 3 heteroatoms. The van der Waals surface area contributed by atoms with E-state index in [1.165, 1.54) is 25.0 Å². The molecule has 0 amide bonds. The minimum atomic E-state index is 0.402. The number of rotatable bonds is 2. The molecule has 1 heterocycles. The average Bonchev–Trinajstić information content (AvgIpc) is 2.30. The summed E-state index contributed by atoms with van der Waals surface area (Å²) in [6, 6.07) is 6.50. The summed E-state index contributed by atoms with van der Waals surface area (Å²) >= 11 is 0. The Morgan fingerprint density at radius 3 is 2.86 bits per heavy atom. The highest BCUT2D eigenvalue weighted by atomic mass is 15.2. The van der Waals surface area contributed by atoms with Gasteiger partial charge >= 0.3 is 0 Å². The molecule has 2 rings (SSSR count). The first-order valence-electron chi connectivity index (χ1n) is 5.29. The Kier molecular flexibility index (Phi) is 3.11. The van der Waals surface area contributed by atoms with Gasteiger partial charge in [0.05, 0.1) is 0 Å². The van der Waals surface area contributed by atoms with E-state index in [-0.39, 0.29) is 0 Å². The van der Waals surface area contributed by atoms with Crippen LogP contribution in [0.5, 0.6) is 0 Å². The third-order valence-corrected chi connectivity index (χ3v) is 3.05. The van der Waals surface area contributed by atoms with Crippen LogP contribution in [-0.2, 0) is 0 Å². The third-order valence-electron chi connectivity index (χ3n) is 3.05. The molecule has 0 bridgehead atoms. The van der Waals surface area contributed by atoms with Gasteiger partial charge in [-0.25, -0.2) is 0 Å². The van der Waals surface area contributed by atoms with Crippen molar-refractivity contribution < 1.29 is 0 Å². The van der Waals surface area contributed by atoms with E-state index in [9.17, 15) is 0 Å². The van der Waals surface area contributed by atoms with Crippen LogP contribution in [0.3, 0.4) is 0 Å². The molecule has 14 heavy (non-hydrogen) atoms. The molecule has 0 aliphatic heterocycles. The molecule has 1 aliphatic rings. The van der Waals surface area contributed by atoms with Crippen molar-refractivity contribution in [3.05, 3.63) is 30.1 Å². The largest absolute Gasteiger partial charge is 0.271 e. The number of nitrogens with zero attached hydrogens (tertiary/aromatic N) is 1. The SMILES string of the molecule is NNC1CCCCC1c1ccccn1. The molecule has 1 aromatic rings. The lowest BCUT2D eigenvalue weighted by atomic mass is 9.82. The zero-order valence-electron chi connectivity index (χ0n) is 8.32. The molecule has 0 saturated heterocycles. The summed E-state index contributed by atoms with van der Waals surface area (Å²) < 4.78 is 0. The predicted molar refractivity (Wildman–Crippen MR) is 56.6 cm³/mol. The van der Waals surface area contributed by atoms with Crippen LogP contribution in [0.4, 0.5) is 0 Å². The van der Waals surface area contributed by atoms with Gasteiger partial charge in [0.15, 0.2) is 0 Å². The molecule has 1 saturated carbocycles. The molecule has 3 N–H and O–H groups in total. The van der Waals surface area contributed by atoms with E-state index in [2.05, 4.69) is 16.5 Å². The normalized spacial score (nSPS) is 27.5. The Bertz CT molecular complexity index is 273. The van der Waals surface area contributed by atoms with Crippen LogP contribution < -0.4 is 11.3 Å². The number of pyridine rings is 1. The third kappa shape index (κ3) is 1.94. The zero-order chi connectivity index (χ0) is 9.80. The lowest BCUT2D eigenvalue weighted by Gasteiger charge is -2.30. The summed E-state index contributed by atoms with van der Waals surface area (Å²) in [5, 5.41) is 0. The molecular formula is C11H17N3. The molecule has 76 valence electrons. The molecule has 3 nitrogen and oxygen atoms in total. The average molecular weight is 191 g/mol. The fourth-order valence-electron chi connectivity index (χ4n) is 2.28. The molecule has 1 fully saturated rings. The second kappa shape index (κ2) is 4.53. The molecule has 2 unspecified atom stereocenters. The number of nitrogens with one attached hydrogen (secondary N) is 1. The van der Waals surface area contributed by atoms with E-state index in [0.29, 0.717) is 12.0 Å². The number of aromatic nitrogens is 1. The highest BCUT2D eigenvalue weighted by molar-refractivity contribution is 5.12. The van der Waals surface area contributed by atoms with Crippen LogP contribution >= 0.6 is 0 Å². The van der Waals surface area contributed by atoms with E-state index in [1.807, 2.05) is 18.3 Å². The van der Waals surface area contributed by atoms with E-state index >= 15 is 0 Å². The summed E-state index contributed by atoms with van der Waals surface area (Å²) in [6.45, 7) is 0. The monoisotopic (exact) mass is 191 g/mol. The fraction of sp³-hybridized carbons (Fsp3) is 0.545. The molecule has 0 radical (unpaired) electrons. The van der Waals surface area contributed by atoms with Crippen LogP contribution in [0, 0.1) is 0 Å². The molecule has 1 aromatic heterocycles. The maximum atomic E-state index is 5.55. The first-order valence-corrected chi connectivity index (χ1v) is 5.29. The van der Waals surface area contributed by atoms with Crippen LogP contribution in [0.25, 0.3) is 0 Å². The minimum Gasteiger partial charge on any atom is -0.271 e. The maximum absolute atomic E-state index is 5.55. The van der Waals surface area contributed by atoms with E-state index in [4.69, 9.17) is 5.84 Å². The van der Waals surface area contributed by atoms with Gasteiger partial charge in [-0.1, -0.05) is 18.9 Å². The van der Waals surface area contributed by atoms with Crippen molar-refractivity contribution in [2.75, 3.05) is 0 Å². The number of hydrogen-bond donors (Lipinski definition) is 2. The van der Waals surface area contributed by atoms with Gasteiger partial charge in [-0.2, -0.15) is 0 Å². The summed E-state index contributed by atoms with van der Waals surface area (Å²) in [4.78, 5) is 4.41. The summed E-state index contributed by atoms with van der Waals surface area (Å²) in [5.74, 6) is 6.05. The fourth-order valence-corrected chi connectivity index (χ4v) is 2.28. The van der Waals surface area contributed by atoms with Gasteiger partial charge in [-0.3, -0.25) is 16.3 Å². The van der Waals surface area contributed by atoms with E-state index in [1.54, 1.807) is 0 Å². The van der Waals surface area contributed by atoms with Crippen molar-refractivity contribution in [3.8, 4) is 0 Å². The first-order chi connectivity index (χ1) is 6.92. The smallest absolute Gasteiger partial charge is 0.0450 e.